The van der Waals surface area contributed by atoms with E-state index in [-0.39, 0.29) is 35.8 Å². The van der Waals surface area contributed by atoms with Crippen molar-refractivity contribution in [3.8, 4) is 0 Å². The molecule has 0 saturated carbocycles. The van der Waals surface area contributed by atoms with Crippen LogP contribution in [-0.4, -0.2) is 71.2 Å². The van der Waals surface area contributed by atoms with Gasteiger partial charge in [0.15, 0.2) is 0 Å². The molecule has 0 spiro atoms. The van der Waals surface area contributed by atoms with Gasteiger partial charge in [-0.3, -0.25) is 14.7 Å². The van der Waals surface area contributed by atoms with Crippen LogP contribution in [0.3, 0.4) is 0 Å². The van der Waals surface area contributed by atoms with Crippen LogP contribution in [0.25, 0.3) is 0 Å². The molecule has 2 aromatic rings. The second kappa shape index (κ2) is 9.81. The Morgan fingerprint density at radius 1 is 1.14 bits per heavy atom. The lowest BCUT2D eigenvalue weighted by Crippen LogP contribution is -2.56. The molecule has 1 saturated heterocycles. The van der Waals surface area contributed by atoms with E-state index in [1.54, 1.807) is 17.0 Å². The number of rotatable bonds is 4. The Morgan fingerprint density at radius 2 is 1.83 bits per heavy atom. The van der Waals surface area contributed by atoms with Gasteiger partial charge >= 0.3 is 6.09 Å². The first-order valence-electron chi connectivity index (χ1n) is 12.6. The number of anilines is 1. The number of hydrogen-bond acceptors (Lipinski definition) is 5. The molecule has 2 aliphatic rings. The Kier molecular flexibility index (Phi) is 7.10. The summed E-state index contributed by atoms with van der Waals surface area (Å²) in [5, 5.41) is 0. The van der Waals surface area contributed by atoms with Crippen LogP contribution < -0.4 is 4.90 Å². The summed E-state index contributed by atoms with van der Waals surface area (Å²) in [6, 6.07) is 8.45. The molecule has 8 heteroatoms. The summed E-state index contributed by atoms with van der Waals surface area (Å²) in [5.41, 5.74) is 2.96. The second-order valence-electron chi connectivity index (χ2n) is 11.6. The van der Waals surface area contributed by atoms with E-state index < -0.39 is 5.60 Å². The highest BCUT2D eigenvalue weighted by atomic mass is 19.1. The third-order valence-corrected chi connectivity index (χ3v) is 6.73. The Morgan fingerprint density at radius 3 is 2.47 bits per heavy atom. The quantitative estimate of drug-likeness (QED) is 0.629. The molecule has 36 heavy (non-hydrogen) atoms. The van der Waals surface area contributed by atoms with Crippen molar-refractivity contribution in [2.45, 2.75) is 65.0 Å². The first-order valence-corrected chi connectivity index (χ1v) is 12.6. The molecule has 0 aliphatic carbocycles. The number of fused-ring (bicyclic) bond motifs is 1. The van der Waals surface area contributed by atoms with Crippen LogP contribution in [0, 0.1) is 5.82 Å². The smallest absolute Gasteiger partial charge is 0.410 e. The van der Waals surface area contributed by atoms with E-state index in [1.807, 2.05) is 44.9 Å². The van der Waals surface area contributed by atoms with Gasteiger partial charge in [-0.15, -0.1) is 0 Å². The Hall–Kier alpha value is -3.00. The lowest BCUT2D eigenvalue weighted by molar-refractivity contribution is -0.120. The van der Waals surface area contributed by atoms with E-state index in [1.165, 1.54) is 12.1 Å². The molecule has 0 N–H and O–H groups in total. The van der Waals surface area contributed by atoms with Crippen molar-refractivity contribution in [2.75, 3.05) is 37.6 Å². The zero-order valence-corrected chi connectivity index (χ0v) is 22.2. The van der Waals surface area contributed by atoms with Gasteiger partial charge in [0.05, 0.1) is 17.9 Å². The van der Waals surface area contributed by atoms with E-state index in [2.05, 4.69) is 18.7 Å². The fraction of sp³-hybridized carbons (Fsp3) is 0.536. The molecule has 0 unspecified atom stereocenters. The fourth-order valence-electron chi connectivity index (χ4n) is 4.98. The van der Waals surface area contributed by atoms with Crippen LogP contribution >= 0.6 is 0 Å². The molecule has 4 rings (SSSR count). The monoisotopic (exact) mass is 496 g/mol. The number of nitrogens with zero attached hydrogens (tertiary/aromatic N) is 4. The average molecular weight is 497 g/mol. The molecule has 1 aromatic carbocycles. The van der Waals surface area contributed by atoms with Gasteiger partial charge in [-0.2, -0.15) is 0 Å². The number of pyridine rings is 1. The lowest BCUT2D eigenvalue weighted by atomic mass is 9.91. The van der Waals surface area contributed by atoms with Gasteiger partial charge in [0.2, 0.25) is 5.91 Å². The molecule has 0 bridgehead atoms. The fourth-order valence-corrected chi connectivity index (χ4v) is 4.98. The molecular weight excluding hydrogens is 459 g/mol. The van der Waals surface area contributed by atoms with E-state index >= 15 is 0 Å². The zero-order chi connectivity index (χ0) is 26.3. The summed E-state index contributed by atoms with van der Waals surface area (Å²) in [5.74, 6) is -0.230. The maximum atomic E-state index is 13.5. The summed E-state index contributed by atoms with van der Waals surface area (Å²) in [4.78, 5) is 36.5. The molecule has 0 radical (unpaired) electrons. The highest BCUT2D eigenvalue weighted by molar-refractivity contribution is 5.97. The number of carbonyl (C=O) groups excluding carboxylic acids is 2. The van der Waals surface area contributed by atoms with Gasteiger partial charge < -0.3 is 14.5 Å². The van der Waals surface area contributed by atoms with Crippen molar-refractivity contribution in [3.63, 3.8) is 0 Å². The zero-order valence-electron chi connectivity index (χ0n) is 22.2. The highest BCUT2D eigenvalue weighted by Crippen LogP contribution is 2.39. The maximum Gasteiger partial charge on any atom is 0.410 e. The number of amides is 2. The minimum atomic E-state index is -0.538. The van der Waals surface area contributed by atoms with Crippen LogP contribution in [0.15, 0.2) is 36.5 Å². The Balaban J connectivity index is 1.44. The van der Waals surface area contributed by atoms with Crippen LogP contribution in [0.4, 0.5) is 14.9 Å². The van der Waals surface area contributed by atoms with Crippen LogP contribution in [0.5, 0.6) is 0 Å². The highest BCUT2D eigenvalue weighted by Gasteiger charge is 2.40. The number of benzene rings is 1. The minimum Gasteiger partial charge on any atom is -0.444 e. The number of ether oxygens (including phenoxy) is 1. The van der Waals surface area contributed by atoms with Gasteiger partial charge in [-0.1, -0.05) is 26.0 Å². The van der Waals surface area contributed by atoms with Gasteiger partial charge in [-0.05, 0) is 63.4 Å². The van der Waals surface area contributed by atoms with Crippen molar-refractivity contribution < 1.29 is 18.7 Å². The van der Waals surface area contributed by atoms with E-state index in [0.717, 1.165) is 22.5 Å². The topological polar surface area (TPSA) is 66.0 Å². The molecule has 2 aliphatic heterocycles. The van der Waals surface area contributed by atoms with Crippen LogP contribution in [0.2, 0.25) is 0 Å². The third-order valence-electron chi connectivity index (χ3n) is 6.73. The first-order chi connectivity index (χ1) is 16.8. The molecule has 194 valence electrons. The number of carbonyl (C=O) groups is 2. The van der Waals surface area contributed by atoms with Gasteiger partial charge in [0.1, 0.15) is 11.4 Å². The average Bonchev–Trinajstić information content (AvgIpc) is 3.04. The van der Waals surface area contributed by atoms with Crippen LogP contribution in [0.1, 0.15) is 58.4 Å². The lowest BCUT2D eigenvalue weighted by Gasteiger charge is -2.40. The van der Waals surface area contributed by atoms with Crippen molar-refractivity contribution in [3.05, 3.63) is 59.2 Å². The van der Waals surface area contributed by atoms with Crippen LogP contribution in [-0.2, 0) is 21.4 Å². The predicted octanol–water partition coefficient (Wildman–Crippen LogP) is 4.38. The molecule has 1 aromatic heterocycles. The maximum absolute atomic E-state index is 13.5. The van der Waals surface area contributed by atoms with Gasteiger partial charge in [0.25, 0.3) is 0 Å². The molecule has 2 amide bonds. The molecular formula is C28H37FN4O3. The number of halogens is 1. The summed E-state index contributed by atoms with van der Waals surface area (Å²) >= 11 is 0. The number of piperazine rings is 1. The normalized spacial score (nSPS) is 19.8. The third kappa shape index (κ3) is 5.86. The summed E-state index contributed by atoms with van der Waals surface area (Å²) in [6.45, 7) is 14.4. The number of hydrogen-bond donors (Lipinski definition) is 0. The first kappa shape index (κ1) is 26.1. The largest absolute Gasteiger partial charge is 0.444 e. The Labute approximate surface area is 213 Å². The van der Waals surface area contributed by atoms with E-state index in [0.29, 0.717) is 32.6 Å². The minimum absolute atomic E-state index is 0.0282. The Bertz CT molecular complexity index is 1130. The van der Waals surface area contributed by atoms with E-state index in [4.69, 9.17) is 9.72 Å². The standard InChI is InChI=1S/C28H37FN4O3/c1-19-16-31(11-12-32(19)26(35)36-27(2,3)4)17-24(34)33-18-28(5,6)25-23(33)14-21(15-30-25)13-20-7-9-22(29)10-8-20/h7-10,14-15,19H,11-13,16-18H2,1-6H3/t19-/m1/s1. The molecule has 3 heterocycles. The van der Waals surface area contributed by atoms with Crippen molar-refractivity contribution in [2.24, 2.45) is 0 Å². The van der Waals surface area contributed by atoms with E-state index in [9.17, 15) is 14.0 Å². The van der Waals surface area contributed by atoms with Crippen molar-refractivity contribution >= 4 is 17.7 Å². The van der Waals surface area contributed by atoms with Gasteiger partial charge in [0, 0.05) is 43.8 Å². The second-order valence-corrected chi connectivity index (χ2v) is 11.6. The summed E-state index contributed by atoms with van der Waals surface area (Å²) < 4.78 is 18.8. The predicted molar refractivity (Wildman–Crippen MR) is 138 cm³/mol. The van der Waals surface area contributed by atoms with Gasteiger partial charge in [-0.25, -0.2) is 9.18 Å². The number of aromatic nitrogens is 1. The van der Waals surface area contributed by atoms with Crippen molar-refractivity contribution in [1.82, 2.24) is 14.8 Å². The molecule has 1 atom stereocenters. The SMILES string of the molecule is C[C@@H]1CN(CC(=O)N2CC(C)(C)c3ncc(Cc4ccc(F)cc4)cc32)CCN1C(=O)OC(C)(C)C. The summed E-state index contributed by atoms with van der Waals surface area (Å²) in [7, 11) is 0. The summed E-state index contributed by atoms with van der Waals surface area (Å²) in [6.07, 6.45) is 2.17. The molecule has 1 fully saturated rings. The molecule has 7 nitrogen and oxygen atoms in total. The van der Waals surface area contributed by atoms with Crippen molar-refractivity contribution in [1.29, 1.82) is 0 Å².